The fourth-order valence-electron chi connectivity index (χ4n) is 2.68. The average Bonchev–Trinajstić information content (AvgIpc) is 2.68. The van der Waals surface area contributed by atoms with Crippen LogP contribution in [-0.2, 0) is 4.74 Å². The van der Waals surface area contributed by atoms with Crippen molar-refractivity contribution in [3.05, 3.63) is 46.4 Å². The molecule has 0 amide bonds. The van der Waals surface area contributed by atoms with Gasteiger partial charge in [0.15, 0.2) is 11.5 Å². The normalized spacial score (nSPS) is 14.8. The number of methoxy groups -OCH3 is 2. The molecule has 6 heteroatoms. The summed E-state index contributed by atoms with van der Waals surface area (Å²) in [6, 6.07) is 12.0. The molecule has 0 spiro atoms. The largest absolute Gasteiger partial charge is 0.493 e. The molecule has 1 saturated heterocycles. The third kappa shape index (κ3) is 4.32. The molecule has 2 aromatic rings. The molecule has 0 N–H and O–H groups in total. The quantitative estimate of drug-likeness (QED) is 0.704. The Kier molecular flexibility index (Phi) is 5.94. The van der Waals surface area contributed by atoms with Crippen LogP contribution in [0, 0.1) is 0 Å². The zero-order chi connectivity index (χ0) is 17.6. The van der Waals surface area contributed by atoms with E-state index in [2.05, 4.69) is 38.0 Å². The van der Waals surface area contributed by atoms with E-state index in [1.807, 2.05) is 30.5 Å². The van der Waals surface area contributed by atoms with Crippen LogP contribution in [0.5, 0.6) is 11.5 Å². The van der Waals surface area contributed by atoms with Gasteiger partial charge in [-0.2, -0.15) is 0 Å². The van der Waals surface area contributed by atoms with Gasteiger partial charge in [0.2, 0.25) is 0 Å². The zero-order valence-corrected chi connectivity index (χ0v) is 16.0. The molecule has 0 aromatic heterocycles. The summed E-state index contributed by atoms with van der Waals surface area (Å²) in [6.07, 6.45) is 1.82. The number of benzene rings is 2. The van der Waals surface area contributed by atoms with Gasteiger partial charge < -0.3 is 19.1 Å². The van der Waals surface area contributed by atoms with Gasteiger partial charge in [-0.15, -0.1) is 0 Å². The minimum absolute atomic E-state index is 0.676. The van der Waals surface area contributed by atoms with Gasteiger partial charge in [0.1, 0.15) is 0 Å². The summed E-state index contributed by atoms with van der Waals surface area (Å²) in [7, 11) is 3.24. The molecule has 1 aliphatic rings. The molecule has 2 aromatic carbocycles. The van der Waals surface area contributed by atoms with Crippen LogP contribution in [0.1, 0.15) is 5.56 Å². The zero-order valence-electron chi connectivity index (χ0n) is 14.4. The third-order valence-corrected chi connectivity index (χ3v) is 4.77. The van der Waals surface area contributed by atoms with Crippen LogP contribution in [0.2, 0.25) is 0 Å². The summed E-state index contributed by atoms with van der Waals surface area (Å²) < 4.78 is 16.9. The summed E-state index contributed by atoms with van der Waals surface area (Å²) in [5.74, 6) is 1.36. The highest BCUT2D eigenvalue weighted by Gasteiger charge is 2.11. The minimum atomic E-state index is 0.676. The SMILES string of the molecule is COc1cc(Br)c(C=Nc2ccc(N3CCOCC3)cc2)cc1OC. The van der Waals surface area contributed by atoms with Gasteiger partial charge in [-0.05, 0) is 52.3 Å². The number of anilines is 1. The van der Waals surface area contributed by atoms with Gasteiger partial charge in [-0.1, -0.05) is 0 Å². The topological polar surface area (TPSA) is 43.3 Å². The van der Waals surface area contributed by atoms with Gasteiger partial charge >= 0.3 is 0 Å². The van der Waals surface area contributed by atoms with Crippen LogP contribution in [0.15, 0.2) is 45.9 Å². The first-order valence-electron chi connectivity index (χ1n) is 8.09. The molecule has 0 radical (unpaired) electrons. The monoisotopic (exact) mass is 404 g/mol. The van der Waals surface area contributed by atoms with Crippen molar-refractivity contribution in [2.75, 3.05) is 45.4 Å². The number of hydrogen-bond donors (Lipinski definition) is 0. The molecule has 132 valence electrons. The van der Waals surface area contributed by atoms with Crippen LogP contribution in [0.3, 0.4) is 0 Å². The number of hydrogen-bond acceptors (Lipinski definition) is 5. The standard InChI is InChI=1S/C19H21BrN2O3/c1-23-18-11-14(17(20)12-19(18)24-2)13-21-15-3-5-16(6-4-15)22-7-9-25-10-8-22/h3-6,11-13H,7-10H2,1-2H3. The smallest absolute Gasteiger partial charge is 0.161 e. The van der Waals surface area contributed by atoms with Crippen molar-refractivity contribution in [3.8, 4) is 11.5 Å². The van der Waals surface area contributed by atoms with Crippen molar-refractivity contribution < 1.29 is 14.2 Å². The Morgan fingerprint density at radius 3 is 2.32 bits per heavy atom. The molecule has 0 unspecified atom stereocenters. The minimum Gasteiger partial charge on any atom is -0.493 e. The van der Waals surface area contributed by atoms with Crippen molar-refractivity contribution in [3.63, 3.8) is 0 Å². The van der Waals surface area contributed by atoms with E-state index in [-0.39, 0.29) is 0 Å². The summed E-state index contributed by atoms with van der Waals surface area (Å²) in [5.41, 5.74) is 3.03. The van der Waals surface area contributed by atoms with Crippen LogP contribution >= 0.6 is 15.9 Å². The second-order valence-electron chi connectivity index (χ2n) is 5.60. The van der Waals surface area contributed by atoms with Crippen molar-refractivity contribution >= 4 is 33.5 Å². The molecule has 1 aliphatic heterocycles. The van der Waals surface area contributed by atoms with Crippen LogP contribution in [0.25, 0.3) is 0 Å². The Morgan fingerprint density at radius 2 is 1.68 bits per heavy atom. The molecule has 0 aliphatic carbocycles. The maximum atomic E-state index is 5.39. The second kappa shape index (κ2) is 8.36. The predicted octanol–water partition coefficient (Wildman–Crippen LogP) is 4.05. The van der Waals surface area contributed by atoms with Crippen molar-refractivity contribution in [2.45, 2.75) is 0 Å². The predicted molar refractivity (Wildman–Crippen MR) is 104 cm³/mol. The van der Waals surface area contributed by atoms with Crippen LogP contribution < -0.4 is 14.4 Å². The Hall–Kier alpha value is -2.05. The van der Waals surface area contributed by atoms with Gasteiger partial charge in [-0.3, -0.25) is 4.99 Å². The third-order valence-electron chi connectivity index (χ3n) is 4.08. The highest BCUT2D eigenvalue weighted by Crippen LogP contribution is 2.32. The van der Waals surface area contributed by atoms with Crippen LogP contribution in [0.4, 0.5) is 11.4 Å². The van der Waals surface area contributed by atoms with E-state index in [9.17, 15) is 0 Å². The highest BCUT2D eigenvalue weighted by molar-refractivity contribution is 9.10. The Bertz CT molecular complexity index is 741. The lowest BCUT2D eigenvalue weighted by Gasteiger charge is -2.28. The van der Waals surface area contributed by atoms with E-state index >= 15 is 0 Å². The maximum Gasteiger partial charge on any atom is 0.161 e. The van der Waals surface area contributed by atoms with Gasteiger partial charge in [0, 0.05) is 35.0 Å². The fourth-order valence-corrected chi connectivity index (χ4v) is 3.11. The van der Waals surface area contributed by atoms with Crippen molar-refractivity contribution in [2.24, 2.45) is 4.99 Å². The fraction of sp³-hybridized carbons (Fsp3) is 0.316. The van der Waals surface area contributed by atoms with Gasteiger partial charge in [-0.25, -0.2) is 0 Å². The average molecular weight is 405 g/mol. The van der Waals surface area contributed by atoms with Crippen molar-refractivity contribution in [1.29, 1.82) is 0 Å². The number of aliphatic imine (C=N–C) groups is 1. The number of nitrogens with zero attached hydrogens (tertiary/aromatic N) is 2. The molecular weight excluding hydrogens is 384 g/mol. The maximum absolute atomic E-state index is 5.39. The molecule has 0 bridgehead atoms. The molecular formula is C19H21BrN2O3. The molecule has 25 heavy (non-hydrogen) atoms. The van der Waals surface area contributed by atoms with E-state index in [0.717, 1.165) is 42.0 Å². The number of ether oxygens (including phenoxy) is 3. The Balaban J connectivity index is 1.75. The summed E-state index contributed by atoms with van der Waals surface area (Å²) >= 11 is 3.54. The lowest BCUT2D eigenvalue weighted by Crippen LogP contribution is -2.36. The van der Waals surface area contributed by atoms with Gasteiger partial charge in [0.05, 0.1) is 33.1 Å². The molecule has 0 atom stereocenters. The molecule has 1 fully saturated rings. The number of halogens is 1. The first-order valence-corrected chi connectivity index (χ1v) is 8.89. The van der Waals surface area contributed by atoms with Crippen molar-refractivity contribution in [1.82, 2.24) is 0 Å². The molecule has 5 nitrogen and oxygen atoms in total. The highest BCUT2D eigenvalue weighted by atomic mass is 79.9. The van der Waals surface area contributed by atoms with E-state index < -0.39 is 0 Å². The first-order chi connectivity index (χ1) is 12.2. The molecule has 1 heterocycles. The number of morpholine rings is 1. The second-order valence-corrected chi connectivity index (χ2v) is 6.46. The Labute approximate surface area is 156 Å². The van der Waals surface area contributed by atoms with Crippen LogP contribution in [-0.4, -0.2) is 46.7 Å². The van der Waals surface area contributed by atoms with E-state index in [0.29, 0.717) is 11.5 Å². The lowest BCUT2D eigenvalue weighted by molar-refractivity contribution is 0.122. The number of rotatable bonds is 5. The molecule has 3 rings (SSSR count). The van der Waals surface area contributed by atoms with E-state index in [1.165, 1.54) is 5.69 Å². The Morgan fingerprint density at radius 1 is 1.04 bits per heavy atom. The first kappa shape index (κ1) is 17.8. The van der Waals surface area contributed by atoms with E-state index in [4.69, 9.17) is 14.2 Å². The lowest BCUT2D eigenvalue weighted by atomic mass is 10.2. The van der Waals surface area contributed by atoms with E-state index in [1.54, 1.807) is 14.2 Å². The summed E-state index contributed by atoms with van der Waals surface area (Å²) in [5, 5.41) is 0. The summed E-state index contributed by atoms with van der Waals surface area (Å²) in [6.45, 7) is 3.43. The summed E-state index contributed by atoms with van der Waals surface area (Å²) in [4.78, 5) is 6.88. The molecule has 0 saturated carbocycles. The van der Waals surface area contributed by atoms with Gasteiger partial charge in [0.25, 0.3) is 0 Å².